The molecule has 9 heteroatoms. The van der Waals surface area contributed by atoms with Gasteiger partial charge in [-0.2, -0.15) is 16.6 Å². The molecule has 4 N–H and O–H groups in total. The minimum absolute atomic E-state index is 0.126. The highest BCUT2D eigenvalue weighted by Crippen LogP contribution is 2.50. The normalized spacial score (nSPS) is 12.3. The highest BCUT2D eigenvalue weighted by Gasteiger charge is 2.32. The van der Waals surface area contributed by atoms with E-state index in [1.807, 2.05) is 65.4 Å². The molecule has 5 aromatic rings. The van der Waals surface area contributed by atoms with Crippen molar-refractivity contribution >= 4 is 73.4 Å². The number of para-hydroxylation sites is 2. The summed E-state index contributed by atoms with van der Waals surface area (Å²) in [5.74, 6) is -0.115. The number of amides is 1. The zero-order chi connectivity index (χ0) is 23.4. The molecule has 6 rings (SSSR count). The molecule has 2 aromatic carbocycles. The van der Waals surface area contributed by atoms with Crippen LogP contribution in [-0.4, -0.2) is 10.9 Å². The van der Waals surface area contributed by atoms with Gasteiger partial charge in [-0.1, -0.05) is 36.0 Å². The fraction of sp³-hybridized carbons (Fsp3) is 0. The number of rotatable bonds is 2. The van der Waals surface area contributed by atoms with Crippen molar-refractivity contribution in [2.24, 2.45) is 0 Å². The van der Waals surface area contributed by atoms with Gasteiger partial charge >= 0.3 is 0 Å². The van der Waals surface area contributed by atoms with Gasteiger partial charge in [0.1, 0.15) is 27.2 Å². The molecular formula is C25H15N5OS3. The molecule has 164 valence electrons. The molecule has 0 fully saturated rings. The Balaban J connectivity index is 1.60. The Morgan fingerprint density at radius 1 is 1.00 bits per heavy atom. The van der Waals surface area contributed by atoms with Crippen LogP contribution >= 0.6 is 34.4 Å². The predicted molar refractivity (Wildman–Crippen MR) is 140 cm³/mol. The average molecular weight is 498 g/mol. The van der Waals surface area contributed by atoms with Gasteiger partial charge < -0.3 is 11.5 Å². The van der Waals surface area contributed by atoms with Crippen molar-refractivity contribution in [1.29, 1.82) is 5.26 Å². The van der Waals surface area contributed by atoms with Crippen LogP contribution in [-0.2, 0) is 0 Å². The number of anilines is 4. The van der Waals surface area contributed by atoms with Crippen molar-refractivity contribution in [2.75, 3.05) is 16.4 Å². The van der Waals surface area contributed by atoms with Crippen LogP contribution in [0, 0.1) is 11.3 Å². The Morgan fingerprint density at radius 2 is 1.68 bits per heavy atom. The smallest absolute Gasteiger partial charge is 0.275 e. The number of carbonyl (C=O) groups excluding carboxylic acids is 1. The third-order valence-corrected chi connectivity index (χ3v) is 8.56. The van der Waals surface area contributed by atoms with Crippen LogP contribution in [0.4, 0.5) is 22.9 Å². The number of nitrogens with zero attached hydrogens (tertiary/aromatic N) is 3. The molecule has 0 saturated heterocycles. The Morgan fingerprint density at radius 3 is 2.29 bits per heavy atom. The van der Waals surface area contributed by atoms with Crippen LogP contribution in [0.15, 0.2) is 75.1 Å². The van der Waals surface area contributed by atoms with E-state index in [-0.39, 0.29) is 17.3 Å². The first kappa shape index (κ1) is 20.7. The lowest BCUT2D eigenvalue weighted by molar-refractivity contribution is 0.100. The Hall–Kier alpha value is -3.84. The van der Waals surface area contributed by atoms with Crippen molar-refractivity contribution in [1.82, 2.24) is 4.98 Å². The highest BCUT2D eigenvalue weighted by molar-refractivity contribution is 7.99. The van der Waals surface area contributed by atoms with Gasteiger partial charge in [0, 0.05) is 20.7 Å². The lowest BCUT2D eigenvalue weighted by Gasteiger charge is -2.30. The van der Waals surface area contributed by atoms with E-state index in [1.165, 1.54) is 22.7 Å². The van der Waals surface area contributed by atoms with E-state index in [1.54, 1.807) is 16.7 Å². The number of benzene rings is 2. The number of nitrogen functional groups attached to an aromatic ring is 2. The average Bonchev–Trinajstić information content (AvgIpc) is 3.49. The molecule has 0 unspecified atom stereocenters. The van der Waals surface area contributed by atoms with Crippen molar-refractivity contribution in [3.05, 3.63) is 75.8 Å². The zero-order valence-corrected chi connectivity index (χ0v) is 19.9. The van der Waals surface area contributed by atoms with E-state index in [9.17, 15) is 10.1 Å². The molecule has 0 aliphatic carbocycles. The van der Waals surface area contributed by atoms with Crippen LogP contribution in [0.25, 0.3) is 21.3 Å². The number of pyridine rings is 1. The first-order valence-electron chi connectivity index (χ1n) is 10.2. The first-order chi connectivity index (χ1) is 16.6. The van der Waals surface area contributed by atoms with E-state index in [2.05, 4.69) is 11.1 Å². The minimum atomic E-state index is -0.242. The molecule has 0 bridgehead atoms. The van der Waals surface area contributed by atoms with Gasteiger partial charge in [0.15, 0.2) is 0 Å². The lowest BCUT2D eigenvalue weighted by atomic mass is 9.99. The second-order valence-corrected chi connectivity index (χ2v) is 10.4. The van der Waals surface area contributed by atoms with E-state index in [0.717, 1.165) is 26.7 Å². The maximum Gasteiger partial charge on any atom is 0.275 e. The van der Waals surface area contributed by atoms with Crippen LogP contribution in [0.2, 0.25) is 0 Å². The summed E-state index contributed by atoms with van der Waals surface area (Å²) in [4.78, 5) is 23.1. The van der Waals surface area contributed by atoms with Crippen molar-refractivity contribution in [3.8, 4) is 17.2 Å². The fourth-order valence-corrected chi connectivity index (χ4v) is 6.91. The quantitative estimate of drug-likeness (QED) is 0.288. The fourth-order valence-electron chi connectivity index (χ4n) is 4.16. The summed E-state index contributed by atoms with van der Waals surface area (Å²) in [6, 6.07) is 19.7. The highest BCUT2D eigenvalue weighted by atomic mass is 32.2. The van der Waals surface area contributed by atoms with Gasteiger partial charge in [-0.05, 0) is 46.7 Å². The molecule has 34 heavy (non-hydrogen) atoms. The number of nitrogens with two attached hydrogens (primary N) is 2. The van der Waals surface area contributed by atoms with Crippen LogP contribution in [0.3, 0.4) is 0 Å². The van der Waals surface area contributed by atoms with Crippen LogP contribution < -0.4 is 16.4 Å². The Bertz CT molecular complexity index is 1600. The first-order valence-corrected chi connectivity index (χ1v) is 12.8. The van der Waals surface area contributed by atoms with E-state index < -0.39 is 0 Å². The molecular weight excluding hydrogens is 483 g/mol. The third-order valence-electron chi connectivity index (χ3n) is 5.66. The molecule has 1 aliphatic rings. The number of hydrogen-bond donors (Lipinski definition) is 2. The van der Waals surface area contributed by atoms with Gasteiger partial charge in [-0.15, -0.1) is 11.3 Å². The summed E-state index contributed by atoms with van der Waals surface area (Å²) in [6.07, 6.45) is 0. The van der Waals surface area contributed by atoms with E-state index >= 15 is 0 Å². The number of carbonyl (C=O) groups is 1. The molecule has 3 aromatic heterocycles. The number of aromatic nitrogens is 1. The summed E-state index contributed by atoms with van der Waals surface area (Å²) in [5.41, 5.74) is 16.4. The predicted octanol–water partition coefficient (Wildman–Crippen LogP) is 6.50. The number of nitriles is 1. The number of thiophene rings is 2. The number of fused-ring (bicyclic) bond motifs is 3. The van der Waals surface area contributed by atoms with Gasteiger partial charge in [0.25, 0.3) is 5.91 Å². The number of hydrogen-bond acceptors (Lipinski definition) is 8. The van der Waals surface area contributed by atoms with Crippen LogP contribution in [0.5, 0.6) is 0 Å². The summed E-state index contributed by atoms with van der Waals surface area (Å²) >= 11 is 4.34. The SMILES string of the molecule is N#Cc1c(N)nc2sc(C(=O)N3c4ccccc4Sc4ccccc43)c(N)c2c1-c1ccsc1. The summed E-state index contributed by atoms with van der Waals surface area (Å²) in [5, 5.41) is 14.2. The molecule has 1 amide bonds. The largest absolute Gasteiger partial charge is 0.397 e. The second-order valence-electron chi connectivity index (χ2n) is 7.57. The van der Waals surface area contributed by atoms with Gasteiger partial charge in [-0.25, -0.2) is 4.98 Å². The molecule has 0 saturated carbocycles. The second kappa shape index (κ2) is 7.88. The maximum atomic E-state index is 14.1. The topological polar surface area (TPSA) is 109 Å². The molecule has 1 aliphatic heterocycles. The van der Waals surface area contributed by atoms with Crippen molar-refractivity contribution in [3.63, 3.8) is 0 Å². The molecule has 6 nitrogen and oxygen atoms in total. The lowest BCUT2D eigenvalue weighted by Crippen LogP contribution is -2.28. The van der Waals surface area contributed by atoms with Crippen molar-refractivity contribution in [2.45, 2.75) is 9.79 Å². The van der Waals surface area contributed by atoms with E-state index in [0.29, 0.717) is 26.3 Å². The monoisotopic (exact) mass is 497 g/mol. The minimum Gasteiger partial charge on any atom is -0.397 e. The van der Waals surface area contributed by atoms with Gasteiger partial charge in [0.05, 0.1) is 17.1 Å². The molecule has 0 spiro atoms. The van der Waals surface area contributed by atoms with Crippen molar-refractivity contribution < 1.29 is 4.79 Å². The standard InChI is InChI=1S/C25H15N5OS3/c26-11-14-19(13-9-10-32-12-13)20-21(27)22(34-24(20)29-23(14)28)25(31)30-15-5-1-3-7-17(15)33-18-8-4-2-6-16(18)30/h1-10,12H,27H2,(H2,28,29). The van der Waals surface area contributed by atoms with Gasteiger partial charge in [-0.3, -0.25) is 9.69 Å². The third kappa shape index (κ3) is 3.00. The van der Waals surface area contributed by atoms with E-state index in [4.69, 9.17) is 11.5 Å². The summed E-state index contributed by atoms with van der Waals surface area (Å²) in [6.45, 7) is 0. The van der Waals surface area contributed by atoms with Crippen LogP contribution in [0.1, 0.15) is 15.2 Å². The maximum absolute atomic E-state index is 14.1. The molecule has 4 heterocycles. The summed E-state index contributed by atoms with van der Waals surface area (Å²) in [7, 11) is 0. The molecule has 0 radical (unpaired) electrons. The Kier molecular flexibility index (Phi) is 4.81. The van der Waals surface area contributed by atoms with Gasteiger partial charge in [0.2, 0.25) is 0 Å². The zero-order valence-electron chi connectivity index (χ0n) is 17.5. The summed E-state index contributed by atoms with van der Waals surface area (Å²) < 4.78 is 0. The Labute approximate surface area is 207 Å². The molecule has 0 atom stereocenters.